The van der Waals surface area contributed by atoms with Crippen molar-refractivity contribution in [3.05, 3.63) is 29.8 Å². The summed E-state index contributed by atoms with van der Waals surface area (Å²) in [6.45, 7) is 11.0. The molecule has 2 unspecified atom stereocenters. The summed E-state index contributed by atoms with van der Waals surface area (Å²) in [6.07, 6.45) is 2.19. The van der Waals surface area contributed by atoms with Crippen molar-refractivity contribution in [1.29, 1.82) is 0 Å². The van der Waals surface area contributed by atoms with Gasteiger partial charge in [-0.05, 0) is 43.9 Å². The first kappa shape index (κ1) is 15.0. The van der Waals surface area contributed by atoms with Crippen LogP contribution >= 0.6 is 0 Å². The Bertz CT molecular complexity index is 329. The number of hydrogen-bond acceptors (Lipinski definition) is 2. The van der Waals surface area contributed by atoms with Gasteiger partial charge >= 0.3 is 0 Å². The molecule has 0 saturated heterocycles. The average molecular weight is 248 g/mol. The van der Waals surface area contributed by atoms with Crippen molar-refractivity contribution in [3.8, 4) is 0 Å². The molecule has 0 aliphatic rings. The SMILES string of the molecule is CCC(C)CN(CC)c1ccc(CC(C)N)cc1. The van der Waals surface area contributed by atoms with E-state index in [0.29, 0.717) is 0 Å². The lowest BCUT2D eigenvalue weighted by molar-refractivity contribution is 0.548. The summed E-state index contributed by atoms with van der Waals surface area (Å²) < 4.78 is 0. The van der Waals surface area contributed by atoms with Crippen LogP contribution in [0.25, 0.3) is 0 Å². The second-order valence-electron chi connectivity index (χ2n) is 5.40. The van der Waals surface area contributed by atoms with Gasteiger partial charge in [-0.1, -0.05) is 32.4 Å². The molecule has 102 valence electrons. The number of anilines is 1. The first-order chi connectivity index (χ1) is 8.56. The van der Waals surface area contributed by atoms with E-state index >= 15 is 0 Å². The maximum absolute atomic E-state index is 5.82. The largest absolute Gasteiger partial charge is 0.372 e. The maximum Gasteiger partial charge on any atom is 0.0366 e. The first-order valence-corrected chi connectivity index (χ1v) is 7.16. The van der Waals surface area contributed by atoms with Gasteiger partial charge in [0, 0.05) is 24.8 Å². The van der Waals surface area contributed by atoms with Crippen molar-refractivity contribution < 1.29 is 0 Å². The molecule has 0 aromatic heterocycles. The van der Waals surface area contributed by atoms with E-state index in [1.54, 1.807) is 0 Å². The predicted molar refractivity (Wildman–Crippen MR) is 81.1 cm³/mol. The molecule has 2 atom stereocenters. The quantitative estimate of drug-likeness (QED) is 0.801. The molecule has 0 saturated carbocycles. The van der Waals surface area contributed by atoms with E-state index in [-0.39, 0.29) is 6.04 Å². The lowest BCUT2D eigenvalue weighted by Gasteiger charge is -2.26. The predicted octanol–water partition coefficient (Wildman–Crippen LogP) is 3.45. The van der Waals surface area contributed by atoms with Crippen LogP contribution in [0.3, 0.4) is 0 Å². The standard InChI is InChI=1S/C16H28N2/c1-5-13(3)12-18(6-2)16-9-7-15(8-10-16)11-14(4)17/h7-10,13-14H,5-6,11-12,17H2,1-4H3. The van der Waals surface area contributed by atoms with E-state index in [0.717, 1.165) is 25.4 Å². The van der Waals surface area contributed by atoms with Gasteiger partial charge in [-0.25, -0.2) is 0 Å². The van der Waals surface area contributed by atoms with Crippen molar-refractivity contribution in [2.24, 2.45) is 11.7 Å². The summed E-state index contributed by atoms with van der Waals surface area (Å²) in [5.41, 5.74) is 8.47. The molecule has 2 nitrogen and oxygen atoms in total. The molecule has 2 heteroatoms. The molecular weight excluding hydrogens is 220 g/mol. The summed E-state index contributed by atoms with van der Waals surface area (Å²) >= 11 is 0. The van der Waals surface area contributed by atoms with Gasteiger partial charge in [0.1, 0.15) is 0 Å². The molecule has 1 aromatic carbocycles. The number of rotatable bonds is 7. The second-order valence-corrected chi connectivity index (χ2v) is 5.40. The van der Waals surface area contributed by atoms with Gasteiger partial charge in [0.2, 0.25) is 0 Å². The molecule has 0 amide bonds. The van der Waals surface area contributed by atoms with Crippen LogP contribution in [-0.4, -0.2) is 19.1 Å². The topological polar surface area (TPSA) is 29.3 Å². The van der Waals surface area contributed by atoms with Gasteiger partial charge in [0.25, 0.3) is 0 Å². The number of nitrogens with zero attached hydrogens (tertiary/aromatic N) is 1. The normalized spacial score (nSPS) is 14.3. The van der Waals surface area contributed by atoms with Crippen LogP contribution in [0, 0.1) is 5.92 Å². The average Bonchev–Trinajstić information content (AvgIpc) is 2.36. The van der Waals surface area contributed by atoms with E-state index in [1.165, 1.54) is 17.7 Å². The van der Waals surface area contributed by atoms with Crippen LogP contribution < -0.4 is 10.6 Å². The van der Waals surface area contributed by atoms with E-state index < -0.39 is 0 Å². The molecule has 0 aliphatic carbocycles. The lowest BCUT2D eigenvalue weighted by atomic mass is 10.1. The zero-order valence-corrected chi connectivity index (χ0v) is 12.3. The van der Waals surface area contributed by atoms with Crippen LogP contribution in [-0.2, 0) is 6.42 Å². The summed E-state index contributed by atoms with van der Waals surface area (Å²) in [5, 5.41) is 0. The Hall–Kier alpha value is -1.02. The summed E-state index contributed by atoms with van der Waals surface area (Å²) in [5.74, 6) is 0.744. The van der Waals surface area contributed by atoms with Crippen molar-refractivity contribution >= 4 is 5.69 Å². The molecule has 0 fully saturated rings. The van der Waals surface area contributed by atoms with E-state index in [4.69, 9.17) is 5.73 Å². The van der Waals surface area contributed by atoms with Crippen molar-refractivity contribution in [3.63, 3.8) is 0 Å². The van der Waals surface area contributed by atoms with Crippen LogP contribution in [0.4, 0.5) is 5.69 Å². The molecule has 0 radical (unpaired) electrons. The monoisotopic (exact) mass is 248 g/mol. The first-order valence-electron chi connectivity index (χ1n) is 7.16. The maximum atomic E-state index is 5.82. The fourth-order valence-electron chi connectivity index (χ4n) is 2.14. The van der Waals surface area contributed by atoms with Gasteiger partial charge in [-0.15, -0.1) is 0 Å². The van der Waals surface area contributed by atoms with Gasteiger partial charge in [0.05, 0.1) is 0 Å². The molecular formula is C16H28N2. The summed E-state index contributed by atoms with van der Waals surface area (Å²) in [7, 11) is 0. The van der Waals surface area contributed by atoms with E-state index in [1.807, 2.05) is 0 Å². The van der Waals surface area contributed by atoms with Gasteiger partial charge in [-0.3, -0.25) is 0 Å². The highest BCUT2D eigenvalue weighted by Crippen LogP contribution is 2.18. The molecule has 0 aliphatic heterocycles. The lowest BCUT2D eigenvalue weighted by Crippen LogP contribution is -2.28. The fraction of sp³-hybridized carbons (Fsp3) is 0.625. The van der Waals surface area contributed by atoms with Crippen LogP contribution in [0.1, 0.15) is 39.7 Å². The highest BCUT2D eigenvalue weighted by Gasteiger charge is 2.08. The third-order valence-corrected chi connectivity index (χ3v) is 3.47. The minimum atomic E-state index is 0.234. The van der Waals surface area contributed by atoms with Crippen molar-refractivity contribution in [1.82, 2.24) is 0 Å². The van der Waals surface area contributed by atoms with Crippen LogP contribution in [0.2, 0.25) is 0 Å². The highest BCUT2D eigenvalue weighted by molar-refractivity contribution is 5.47. The summed E-state index contributed by atoms with van der Waals surface area (Å²) in [4.78, 5) is 2.45. The number of nitrogens with two attached hydrogens (primary N) is 1. The molecule has 1 aromatic rings. The van der Waals surface area contributed by atoms with Crippen molar-refractivity contribution in [2.45, 2.75) is 46.6 Å². The Morgan fingerprint density at radius 3 is 2.17 bits per heavy atom. The van der Waals surface area contributed by atoms with Crippen molar-refractivity contribution in [2.75, 3.05) is 18.0 Å². The van der Waals surface area contributed by atoms with Gasteiger partial charge in [0.15, 0.2) is 0 Å². The zero-order chi connectivity index (χ0) is 13.5. The Morgan fingerprint density at radius 2 is 1.72 bits per heavy atom. The molecule has 0 heterocycles. The highest BCUT2D eigenvalue weighted by atomic mass is 15.1. The summed E-state index contributed by atoms with van der Waals surface area (Å²) in [6, 6.07) is 9.10. The second kappa shape index (κ2) is 7.42. The Balaban J connectivity index is 2.69. The molecule has 18 heavy (non-hydrogen) atoms. The minimum Gasteiger partial charge on any atom is -0.372 e. The zero-order valence-electron chi connectivity index (χ0n) is 12.3. The molecule has 2 N–H and O–H groups in total. The molecule has 0 spiro atoms. The van der Waals surface area contributed by atoms with Gasteiger partial charge in [-0.2, -0.15) is 0 Å². The van der Waals surface area contributed by atoms with E-state index in [2.05, 4.69) is 56.9 Å². The third-order valence-electron chi connectivity index (χ3n) is 3.47. The Labute approximate surface area is 112 Å². The minimum absolute atomic E-state index is 0.234. The van der Waals surface area contributed by atoms with Crippen LogP contribution in [0.15, 0.2) is 24.3 Å². The van der Waals surface area contributed by atoms with Crippen LogP contribution in [0.5, 0.6) is 0 Å². The van der Waals surface area contributed by atoms with E-state index in [9.17, 15) is 0 Å². The molecule has 0 bridgehead atoms. The Morgan fingerprint density at radius 1 is 1.11 bits per heavy atom. The fourth-order valence-corrected chi connectivity index (χ4v) is 2.14. The third kappa shape index (κ3) is 4.69. The number of benzene rings is 1. The Kier molecular flexibility index (Phi) is 6.20. The smallest absolute Gasteiger partial charge is 0.0366 e. The number of hydrogen-bond donors (Lipinski definition) is 1. The van der Waals surface area contributed by atoms with Gasteiger partial charge < -0.3 is 10.6 Å². The molecule has 1 rings (SSSR count).